The van der Waals surface area contributed by atoms with Crippen molar-refractivity contribution >= 4 is 48.8 Å². The van der Waals surface area contributed by atoms with E-state index < -0.39 is 73.1 Å². The first kappa shape index (κ1) is 46.0. The van der Waals surface area contributed by atoms with Gasteiger partial charge in [-0.3, -0.25) is 28.0 Å². The van der Waals surface area contributed by atoms with Gasteiger partial charge in [0.1, 0.15) is 29.2 Å². The molecule has 4 aromatic carbocycles. The molecule has 2 bridgehead atoms. The Hall–Kier alpha value is -4.56. The lowest BCUT2D eigenvalue weighted by molar-refractivity contribution is -0.169. The van der Waals surface area contributed by atoms with Crippen LogP contribution in [0.1, 0.15) is 63.5 Å². The lowest BCUT2D eigenvalue weighted by atomic mass is 9.59. The molecule has 0 heterocycles. The number of hydrogen-bond donors (Lipinski definition) is 2. The second-order valence-corrected chi connectivity index (χ2v) is 18.5. The highest BCUT2D eigenvalue weighted by Gasteiger charge is 2.57. The molecule has 3 aliphatic rings. The van der Waals surface area contributed by atoms with Gasteiger partial charge in [0.05, 0.1) is 41.8 Å². The lowest BCUT2D eigenvalue weighted by Gasteiger charge is -2.57. The zero-order valence-corrected chi connectivity index (χ0v) is 36.0. The molecule has 326 valence electrons. The van der Waals surface area contributed by atoms with E-state index in [1.807, 2.05) is 60.7 Å². The van der Waals surface area contributed by atoms with Crippen LogP contribution in [0.2, 0.25) is 10.0 Å². The maximum absolute atomic E-state index is 14.0. The van der Waals surface area contributed by atoms with Gasteiger partial charge >= 0.3 is 13.8 Å². The maximum Gasteiger partial charge on any atom is 0.475 e. The predicted octanol–water partition coefficient (Wildman–Crippen LogP) is 9.30. The fourth-order valence-corrected chi connectivity index (χ4v) is 8.91. The highest BCUT2D eigenvalue weighted by Crippen LogP contribution is 2.53. The quantitative estimate of drug-likeness (QED) is 0.0650. The Labute approximate surface area is 363 Å². The van der Waals surface area contributed by atoms with Crippen LogP contribution < -0.4 is 20.1 Å². The summed E-state index contributed by atoms with van der Waals surface area (Å²) < 4.78 is 76.6. The molecule has 0 radical (unpaired) electrons. The van der Waals surface area contributed by atoms with Crippen LogP contribution in [0.25, 0.3) is 0 Å². The van der Waals surface area contributed by atoms with Crippen molar-refractivity contribution in [3.05, 3.63) is 130 Å². The van der Waals surface area contributed by atoms with Gasteiger partial charge < -0.3 is 24.8 Å². The highest BCUT2D eigenvalue weighted by atomic mass is 35.5. The predicted molar refractivity (Wildman–Crippen MR) is 223 cm³/mol. The summed E-state index contributed by atoms with van der Waals surface area (Å²) in [5, 5.41) is 5.88. The molecule has 2 N–H and O–H groups in total. The van der Waals surface area contributed by atoms with Gasteiger partial charge in [-0.15, -0.1) is 0 Å². The van der Waals surface area contributed by atoms with Crippen molar-refractivity contribution in [1.29, 1.82) is 0 Å². The second kappa shape index (κ2) is 20.1. The van der Waals surface area contributed by atoms with E-state index in [4.69, 9.17) is 51.0 Å². The number of carbonyl (C=O) groups excluding carboxylic acids is 3. The third-order valence-electron chi connectivity index (χ3n) is 10.6. The third kappa shape index (κ3) is 13.0. The largest absolute Gasteiger partial charge is 0.484 e. The van der Waals surface area contributed by atoms with E-state index in [-0.39, 0.29) is 54.2 Å². The minimum absolute atomic E-state index is 0.0451. The number of phosphoric ester groups is 1. The standard InChI is InChI=1S/C44H47Cl2F2N2O10P/c1-42(2,29-59-61(54,57-25-30-9-5-3-6-10-30)58-26-31-11-7-4-8-12-31)24-41(53)60-38-23-43(49-39(51)27-55-32-13-15-34(45)36(47)21-32)17-19-44(38,20-18-43)50-40(52)28-56-33-14-16-35(46)37(48)22-33/h3-16,21-22,38H,17-20,23-29H2,1-2H3,(H,49,51)(H,50,52). The number of benzene rings is 4. The van der Waals surface area contributed by atoms with Gasteiger partial charge in [-0.05, 0) is 66.5 Å². The molecule has 1 unspecified atom stereocenters. The Morgan fingerprint density at radius 1 is 0.721 bits per heavy atom. The van der Waals surface area contributed by atoms with Crippen molar-refractivity contribution < 1.29 is 55.5 Å². The summed E-state index contributed by atoms with van der Waals surface area (Å²) in [5.74, 6) is -2.82. The van der Waals surface area contributed by atoms with Crippen molar-refractivity contribution in [2.45, 2.75) is 82.8 Å². The van der Waals surface area contributed by atoms with E-state index in [0.717, 1.165) is 23.3 Å². The van der Waals surface area contributed by atoms with Crippen LogP contribution in [0.15, 0.2) is 97.1 Å². The molecule has 2 amide bonds. The number of phosphoric acid groups is 1. The fraction of sp³-hybridized carbons (Fsp3) is 0.386. The smallest absolute Gasteiger partial charge is 0.475 e. The lowest BCUT2D eigenvalue weighted by Crippen LogP contribution is -2.71. The normalized spacial score (nSPS) is 19.8. The molecule has 17 heteroatoms. The Bertz CT molecular complexity index is 2160. The number of esters is 1. The summed E-state index contributed by atoms with van der Waals surface area (Å²) in [6, 6.07) is 25.9. The van der Waals surface area contributed by atoms with Gasteiger partial charge in [0.25, 0.3) is 11.8 Å². The van der Waals surface area contributed by atoms with E-state index in [1.54, 1.807) is 13.8 Å². The van der Waals surface area contributed by atoms with E-state index in [1.165, 1.54) is 24.3 Å². The van der Waals surface area contributed by atoms with Crippen LogP contribution in [-0.2, 0) is 50.5 Å². The summed E-state index contributed by atoms with van der Waals surface area (Å²) >= 11 is 11.6. The van der Waals surface area contributed by atoms with E-state index >= 15 is 0 Å². The number of ether oxygens (including phenoxy) is 3. The van der Waals surface area contributed by atoms with Crippen LogP contribution in [0.3, 0.4) is 0 Å². The number of fused-ring (bicyclic) bond motifs is 3. The third-order valence-corrected chi connectivity index (χ3v) is 12.5. The molecule has 3 saturated carbocycles. The van der Waals surface area contributed by atoms with Crippen LogP contribution in [-0.4, -0.2) is 54.8 Å². The Kier molecular flexibility index (Phi) is 15.1. The van der Waals surface area contributed by atoms with Gasteiger partial charge in [0, 0.05) is 24.1 Å². The van der Waals surface area contributed by atoms with Crippen molar-refractivity contribution in [2.24, 2.45) is 5.41 Å². The molecular formula is C44H47Cl2F2N2O10P. The number of halogens is 4. The maximum atomic E-state index is 14.0. The summed E-state index contributed by atoms with van der Waals surface area (Å²) in [6.45, 7) is 2.30. The topological polar surface area (TPSA) is 148 Å². The first-order valence-corrected chi connectivity index (χ1v) is 21.8. The van der Waals surface area contributed by atoms with Crippen molar-refractivity contribution in [3.63, 3.8) is 0 Å². The second-order valence-electron chi connectivity index (χ2n) is 16.0. The average Bonchev–Trinajstić information content (AvgIpc) is 3.24. The zero-order chi connectivity index (χ0) is 43.7. The molecule has 3 aliphatic carbocycles. The molecule has 7 rings (SSSR count). The summed E-state index contributed by atoms with van der Waals surface area (Å²) in [5.41, 5.74) is -1.29. The molecule has 61 heavy (non-hydrogen) atoms. The number of rotatable bonds is 20. The van der Waals surface area contributed by atoms with Crippen LogP contribution in [0.5, 0.6) is 11.5 Å². The number of amides is 2. The molecule has 0 saturated heterocycles. The van der Waals surface area contributed by atoms with Crippen LogP contribution in [0, 0.1) is 17.0 Å². The molecule has 1 atom stereocenters. The number of hydrogen-bond acceptors (Lipinski definition) is 10. The molecule has 0 aromatic heterocycles. The molecule has 12 nitrogen and oxygen atoms in total. The Morgan fingerprint density at radius 3 is 1.70 bits per heavy atom. The number of nitrogens with one attached hydrogen (secondary N) is 2. The molecule has 0 aliphatic heterocycles. The van der Waals surface area contributed by atoms with Crippen LogP contribution in [0.4, 0.5) is 8.78 Å². The van der Waals surface area contributed by atoms with Crippen molar-refractivity contribution in [1.82, 2.24) is 10.6 Å². The summed E-state index contributed by atoms with van der Waals surface area (Å²) in [4.78, 5) is 40.4. The molecule has 4 aromatic rings. The summed E-state index contributed by atoms with van der Waals surface area (Å²) in [6.07, 6.45) is 0.541. The summed E-state index contributed by atoms with van der Waals surface area (Å²) in [7, 11) is -4.16. The average molecular weight is 904 g/mol. The first-order chi connectivity index (χ1) is 29.0. The van der Waals surface area contributed by atoms with Gasteiger partial charge in [-0.25, -0.2) is 13.3 Å². The van der Waals surface area contributed by atoms with Gasteiger partial charge in [0.15, 0.2) is 13.2 Å². The highest BCUT2D eigenvalue weighted by molar-refractivity contribution is 7.48. The van der Waals surface area contributed by atoms with Crippen LogP contribution >= 0.6 is 31.0 Å². The van der Waals surface area contributed by atoms with Gasteiger partial charge in [0.2, 0.25) is 0 Å². The number of carbonyl (C=O) groups is 3. The SMILES string of the molecule is CC(C)(COP(=O)(OCc1ccccc1)OCc1ccccc1)CC(=O)OC1CC2(NC(=O)COc3ccc(Cl)c(F)c3)CCC1(NC(=O)COc1ccc(Cl)c(F)c1)CC2. The van der Waals surface area contributed by atoms with E-state index in [2.05, 4.69) is 10.6 Å². The van der Waals surface area contributed by atoms with Gasteiger partial charge in [-0.2, -0.15) is 0 Å². The van der Waals surface area contributed by atoms with Gasteiger partial charge in [-0.1, -0.05) is 97.7 Å². The monoisotopic (exact) mass is 902 g/mol. The molecular weight excluding hydrogens is 856 g/mol. The van der Waals surface area contributed by atoms with E-state index in [0.29, 0.717) is 25.7 Å². The fourth-order valence-electron chi connectivity index (χ4n) is 7.33. The van der Waals surface area contributed by atoms with E-state index in [9.17, 15) is 27.7 Å². The minimum atomic E-state index is -4.16. The Balaban J connectivity index is 1.12. The molecule has 3 fully saturated rings. The van der Waals surface area contributed by atoms with Crippen molar-refractivity contribution in [3.8, 4) is 11.5 Å². The zero-order valence-electron chi connectivity index (χ0n) is 33.6. The molecule has 0 spiro atoms. The van der Waals surface area contributed by atoms with Crippen molar-refractivity contribution in [2.75, 3.05) is 19.8 Å². The first-order valence-electron chi connectivity index (χ1n) is 19.6. The minimum Gasteiger partial charge on any atom is -0.484 e. The Morgan fingerprint density at radius 2 is 1.21 bits per heavy atom.